The lowest BCUT2D eigenvalue weighted by Gasteiger charge is -2.17. The summed E-state index contributed by atoms with van der Waals surface area (Å²) in [7, 11) is 3.85. The summed E-state index contributed by atoms with van der Waals surface area (Å²) in [6.45, 7) is 4.93. The van der Waals surface area contributed by atoms with E-state index in [0.717, 1.165) is 58.0 Å². The molecular formula is C33H35NO3S. The molecule has 0 fully saturated rings. The summed E-state index contributed by atoms with van der Waals surface area (Å²) in [5.74, 6) is 3.29. The normalized spacial score (nSPS) is 11.4. The van der Waals surface area contributed by atoms with Gasteiger partial charge in [-0.15, -0.1) is 11.3 Å². The summed E-state index contributed by atoms with van der Waals surface area (Å²) >= 11 is 1.76. The number of methoxy groups -OCH3 is 1. The molecule has 0 saturated carbocycles. The van der Waals surface area contributed by atoms with Crippen molar-refractivity contribution in [3.8, 4) is 34.1 Å². The number of ether oxygens (including phenoxy) is 3. The van der Waals surface area contributed by atoms with Gasteiger partial charge in [0.1, 0.15) is 29.6 Å². The second-order valence-corrected chi connectivity index (χ2v) is 10.6. The minimum Gasteiger partial charge on any atom is -0.497 e. The Kier molecular flexibility index (Phi) is 8.47. The first-order chi connectivity index (χ1) is 18.6. The van der Waals surface area contributed by atoms with Crippen LogP contribution in [0.1, 0.15) is 26.2 Å². The van der Waals surface area contributed by atoms with Crippen molar-refractivity contribution in [1.29, 1.82) is 0 Å². The van der Waals surface area contributed by atoms with E-state index in [2.05, 4.69) is 66.7 Å². The molecule has 0 aliphatic heterocycles. The summed E-state index contributed by atoms with van der Waals surface area (Å²) in [6.07, 6.45) is 3.77. The molecule has 5 aromatic rings. The fourth-order valence-electron chi connectivity index (χ4n) is 4.66. The average Bonchev–Trinajstić information content (AvgIpc) is 3.42. The van der Waals surface area contributed by atoms with Gasteiger partial charge in [-0.1, -0.05) is 31.9 Å². The monoisotopic (exact) mass is 525 g/mol. The number of thiophene rings is 1. The van der Waals surface area contributed by atoms with Gasteiger partial charge >= 0.3 is 0 Å². The summed E-state index contributed by atoms with van der Waals surface area (Å²) in [5, 5.41) is 5.49. The first-order valence-corrected chi connectivity index (χ1v) is 14.2. The second kappa shape index (κ2) is 12.3. The van der Waals surface area contributed by atoms with E-state index in [1.165, 1.54) is 29.3 Å². The number of nitrogens with zero attached hydrogens (tertiary/aromatic N) is 1. The van der Waals surface area contributed by atoms with Crippen molar-refractivity contribution in [3.05, 3.63) is 84.2 Å². The Bertz CT molecular complexity index is 1490. The molecule has 1 aromatic heterocycles. The maximum absolute atomic E-state index is 6.59. The van der Waals surface area contributed by atoms with Gasteiger partial charge in [-0.05, 0) is 108 Å². The molecule has 38 heavy (non-hydrogen) atoms. The molecule has 4 aromatic carbocycles. The van der Waals surface area contributed by atoms with Crippen molar-refractivity contribution < 1.29 is 14.2 Å². The molecule has 5 rings (SSSR count). The number of benzene rings is 4. The Hall–Kier alpha value is -3.54. The molecule has 1 heterocycles. The van der Waals surface area contributed by atoms with E-state index >= 15 is 0 Å². The molecule has 196 valence electrons. The quantitative estimate of drug-likeness (QED) is 0.152. The second-order valence-electron chi connectivity index (χ2n) is 9.63. The lowest BCUT2D eigenvalue weighted by atomic mass is 9.98. The molecule has 5 heteroatoms. The van der Waals surface area contributed by atoms with Crippen LogP contribution in [0.25, 0.3) is 32.0 Å². The summed E-state index contributed by atoms with van der Waals surface area (Å²) in [4.78, 5) is 2.33. The predicted molar refractivity (Wildman–Crippen MR) is 160 cm³/mol. The van der Waals surface area contributed by atoms with Crippen LogP contribution in [0.15, 0.2) is 84.2 Å². The molecule has 0 aliphatic carbocycles. The maximum atomic E-state index is 6.59. The van der Waals surface area contributed by atoms with Crippen LogP contribution >= 0.6 is 11.3 Å². The van der Waals surface area contributed by atoms with Crippen molar-refractivity contribution >= 4 is 32.2 Å². The fraction of sp³-hybridized carbons (Fsp3) is 0.273. The molecule has 0 N–H and O–H groups in total. The van der Waals surface area contributed by atoms with Crippen molar-refractivity contribution in [2.75, 3.05) is 33.9 Å². The lowest BCUT2D eigenvalue weighted by Crippen LogP contribution is -2.25. The largest absolute Gasteiger partial charge is 0.497 e. The van der Waals surface area contributed by atoms with Crippen molar-refractivity contribution in [2.24, 2.45) is 0 Å². The van der Waals surface area contributed by atoms with E-state index < -0.39 is 0 Å². The molecule has 0 saturated heterocycles. The summed E-state index contributed by atoms with van der Waals surface area (Å²) < 4.78 is 19.3. The minimum atomic E-state index is 0.670. The Balaban J connectivity index is 1.37. The van der Waals surface area contributed by atoms with E-state index in [9.17, 15) is 0 Å². The Morgan fingerprint density at radius 1 is 0.763 bits per heavy atom. The topological polar surface area (TPSA) is 30.9 Å². The number of unbranched alkanes of at least 4 members (excludes halogenated alkanes) is 2. The van der Waals surface area contributed by atoms with Crippen LogP contribution < -0.4 is 14.2 Å². The van der Waals surface area contributed by atoms with E-state index in [-0.39, 0.29) is 0 Å². The van der Waals surface area contributed by atoms with E-state index in [1.807, 2.05) is 36.4 Å². The number of hydrogen-bond donors (Lipinski definition) is 0. The highest BCUT2D eigenvalue weighted by Gasteiger charge is 2.14. The first kappa shape index (κ1) is 26.1. The zero-order valence-corrected chi connectivity index (χ0v) is 23.2. The van der Waals surface area contributed by atoms with Gasteiger partial charge in [0.25, 0.3) is 0 Å². The molecule has 0 atom stereocenters. The van der Waals surface area contributed by atoms with Crippen molar-refractivity contribution in [2.45, 2.75) is 26.2 Å². The van der Waals surface area contributed by atoms with Gasteiger partial charge in [-0.3, -0.25) is 0 Å². The third-order valence-corrected chi connectivity index (χ3v) is 7.77. The van der Waals surface area contributed by atoms with Gasteiger partial charge in [0.2, 0.25) is 0 Å². The molecule has 0 unspecified atom stereocenters. The number of likely N-dealkylation sites (N-methyl/N-ethyl adjacent to an activating group) is 1. The predicted octanol–water partition coefficient (Wildman–Crippen LogP) is 9.02. The Morgan fingerprint density at radius 3 is 2.39 bits per heavy atom. The minimum absolute atomic E-state index is 0.670. The van der Waals surface area contributed by atoms with Crippen molar-refractivity contribution in [1.82, 2.24) is 4.90 Å². The molecule has 0 spiro atoms. The smallest absolute Gasteiger partial charge is 0.143 e. The van der Waals surface area contributed by atoms with Crippen LogP contribution in [-0.4, -0.2) is 38.8 Å². The van der Waals surface area contributed by atoms with Gasteiger partial charge in [0.15, 0.2) is 0 Å². The molecule has 0 bridgehead atoms. The van der Waals surface area contributed by atoms with Gasteiger partial charge in [0, 0.05) is 22.2 Å². The van der Waals surface area contributed by atoms with Gasteiger partial charge in [-0.25, -0.2) is 0 Å². The average molecular weight is 526 g/mol. The molecule has 0 aliphatic rings. The van der Waals surface area contributed by atoms with E-state index in [4.69, 9.17) is 14.2 Å². The highest BCUT2D eigenvalue weighted by Crippen LogP contribution is 2.41. The molecule has 0 amide bonds. The van der Waals surface area contributed by atoms with E-state index in [1.54, 1.807) is 18.4 Å². The first-order valence-electron chi connectivity index (χ1n) is 13.3. The molecular weight excluding hydrogens is 490 g/mol. The Labute approximate surface area is 229 Å². The van der Waals surface area contributed by atoms with Crippen LogP contribution in [0, 0.1) is 0 Å². The zero-order chi connectivity index (χ0) is 26.3. The highest BCUT2D eigenvalue weighted by atomic mass is 32.1. The standard InChI is InChI=1S/C33H35NO3S/c1-4-5-6-18-34(2)19-20-36-27-9-11-28(12-10-27)37-33-30(24-8-16-32-26(22-24)17-21-38-32)14-7-25-23-29(35-3)13-15-31(25)33/h7-17,21-23H,4-6,18-20H2,1-3H3. The van der Waals surface area contributed by atoms with Crippen molar-refractivity contribution in [3.63, 3.8) is 0 Å². The van der Waals surface area contributed by atoms with Gasteiger partial charge in [0.05, 0.1) is 7.11 Å². The fourth-order valence-corrected chi connectivity index (χ4v) is 5.43. The third kappa shape index (κ3) is 6.12. The molecule has 4 nitrogen and oxygen atoms in total. The van der Waals surface area contributed by atoms with Crippen LogP contribution in [0.2, 0.25) is 0 Å². The van der Waals surface area contributed by atoms with Crippen LogP contribution in [0.4, 0.5) is 0 Å². The molecule has 0 radical (unpaired) electrons. The lowest BCUT2D eigenvalue weighted by molar-refractivity contribution is 0.234. The SMILES string of the molecule is CCCCCN(C)CCOc1ccc(Oc2c(-c3ccc4sccc4c3)ccc3cc(OC)ccc23)cc1. The van der Waals surface area contributed by atoms with E-state index in [0.29, 0.717) is 6.61 Å². The Morgan fingerprint density at radius 2 is 1.58 bits per heavy atom. The highest BCUT2D eigenvalue weighted by molar-refractivity contribution is 7.17. The summed E-state index contributed by atoms with van der Waals surface area (Å²) in [6, 6.07) is 27.1. The van der Waals surface area contributed by atoms with Crippen LogP contribution in [-0.2, 0) is 0 Å². The van der Waals surface area contributed by atoms with Gasteiger partial charge in [-0.2, -0.15) is 0 Å². The maximum Gasteiger partial charge on any atom is 0.143 e. The number of hydrogen-bond acceptors (Lipinski definition) is 5. The number of fused-ring (bicyclic) bond motifs is 2. The third-order valence-electron chi connectivity index (χ3n) is 6.87. The zero-order valence-electron chi connectivity index (χ0n) is 22.4. The van der Waals surface area contributed by atoms with Gasteiger partial charge < -0.3 is 19.1 Å². The summed E-state index contributed by atoms with van der Waals surface area (Å²) in [5.41, 5.74) is 2.19. The number of rotatable bonds is 12. The van der Waals surface area contributed by atoms with Crippen LogP contribution in [0.3, 0.4) is 0 Å². The van der Waals surface area contributed by atoms with Crippen LogP contribution in [0.5, 0.6) is 23.0 Å².